The number of carbonyl (C=O) groups excluding carboxylic acids is 2. The quantitative estimate of drug-likeness (QED) is 0.605. The van der Waals surface area contributed by atoms with Gasteiger partial charge in [0.2, 0.25) is 0 Å². The lowest BCUT2D eigenvalue weighted by molar-refractivity contribution is -0.161. The molecular weight excluding hydrogens is 222 g/mol. The van der Waals surface area contributed by atoms with Gasteiger partial charge < -0.3 is 21.1 Å². The molecule has 6 nitrogen and oxygen atoms in total. The Morgan fingerprint density at radius 3 is 2.53 bits per heavy atom. The van der Waals surface area contributed by atoms with E-state index >= 15 is 0 Å². The Morgan fingerprint density at radius 1 is 1.41 bits per heavy atom. The third kappa shape index (κ3) is 4.60. The zero-order valence-electron chi connectivity index (χ0n) is 10.4. The fourth-order valence-electron chi connectivity index (χ4n) is 2.09. The molecule has 1 aliphatic heterocycles. The smallest absolute Gasteiger partial charge is 0.326 e. The van der Waals surface area contributed by atoms with E-state index < -0.39 is 17.6 Å². The van der Waals surface area contributed by atoms with E-state index in [0.717, 1.165) is 25.9 Å². The molecule has 0 radical (unpaired) electrons. The summed E-state index contributed by atoms with van der Waals surface area (Å²) in [6.45, 7) is 5.54. The van der Waals surface area contributed by atoms with Crippen LogP contribution in [0.3, 0.4) is 0 Å². The maximum absolute atomic E-state index is 11.5. The Balaban J connectivity index is 2.41. The molecular formula is C11H21N3O3. The van der Waals surface area contributed by atoms with Crippen LogP contribution >= 0.6 is 0 Å². The summed E-state index contributed by atoms with van der Waals surface area (Å²) in [6.07, 6.45) is 1.98. The SMILES string of the molecule is CC(C)(OC(=O)CNC(N)=O)C1CCNCC1. The summed E-state index contributed by atoms with van der Waals surface area (Å²) >= 11 is 0. The Kier molecular flexibility index (Phi) is 4.74. The molecule has 98 valence electrons. The van der Waals surface area contributed by atoms with Gasteiger partial charge in [-0.1, -0.05) is 0 Å². The van der Waals surface area contributed by atoms with E-state index in [1.165, 1.54) is 0 Å². The van der Waals surface area contributed by atoms with E-state index in [9.17, 15) is 9.59 Å². The fraction of sp³-hybridized carbons (Fsp3) is 0.818. The van der Waals surface area contributed by atoms with Crippen LogP contribution in [0, 0.1) is 5.92 Å². The normalized spacial score (nSPS) is 17.5. The van der Waals surface area contributed by atoms with E-state index in [1.54, 1.807) is 0 Å². The van der Waals surface area contributed by atoms with E-state index in [2.05, 4.69) is 10.6 Å². The van der Waals surface area contributed by atoms with Crippen LogP contribution in [0.25, 0.3) is 0 Å². The van der Waals surface area contributed by atoms with Crippen LogP contribution in [0.4, 0.5) is 4.79 Å². The van der Waals surface area contributed by atoms with Crippen molar-refractivity contribution >= 4 is 12.0 Å². The van der Waals surface area contributed by atoms with Crippen molar-refractivity contribution in [3.8, 4) is 0 Å². The van der Waals surface area contributed by atoms with Gasteiger partial charge in [-0.3, -0.25) is 4.79 Å². The van der Waals surface area contributed by atoms with Crippen LogP contribution < -0.4 is 16.4 Å². The van der Waals surface area contributed by atoms with E-state index in [1.807, 2.05) is 13.8 Å². The Labute approximate surface area is 101 Å². The number of piperidine rings is 1. The maximum atomic E-state index is 11.5. The van der Waals surface area contributed by atoms with E-state index in [4.69, 9.17) is 10.5 Å². The maximum Gasteiger partial charge on any atom is 0.326 e. The van der Waals surface area contributed by atoms with Gasteiger partial charge >= 0.3 is 12.0 Å². The van der Waals surface area contributed by atoms with Gasteiger partial charge in [0.15, 0.2) is 0 Å². The summed E-state index contributed by atoms with van der Waals surface area (Å²) in [7, 11) is 0. The van der Waals surface area contributed by atoms with Crippen molar-refractivity contribution in [3.05, 3.63) is 0 Å². The fourth-order valence-corrected chi connectivity index (χ4v) is 2.09. The van der Waals surface area contributed by atoms with Crippen LogP contribution in [0.2, 0.25) is 0 Å². The number of esters is 1. The molecule has 0 aliphatic carbocycles. The lowest BCUT2D eigenvalue weighted by Crippen LogP contribution is -2.45. The molecule has 2 amide bonds. The minimum atomic E-state index is -0.721. The largest absolute Gasteiger partial charge is 0.458 e. The number of rotatable bonds is 4. The topological polar surface area (TPSA) is 93.4 Å². The molecule has 17 heavy (non-hydrogen) atoms. The minimum Gasteiger partial charge on any atom is -0.458 e. The molecule has 1 fully saturated rings. The molecule has 0 aromatic rings. The van der Waals surface area contributed by atoms with Crippen molar-refractivity contribution in [1.82, 2.24) is 10.6 Å². The van der Waals surface area contributed by atoms with Crippen molar-refractivity contribution in [2.75, 3.05) is 19.6 Å². The summed E-state index contributed by atoms with van der Waals surface area (Å²) in [5.74, 6) is -0.103. The van der Waals surface area contributed by atoms with Crippen molar-refractivity contribution in [3.63, 3.8) is 0 Å². The Bertz CT molecular complexity index is 286. The monoisotopic (exact) mass is 243 g/mol. The van der Waals surface area contributed by atoms with Gasteiger partial charge in [-0.2, -0.15) is 0 Å². The molecule has 0 bridgehead atoms. The zero-order valence-corrected chi connectivity index (χ0v) is 10.4. The van der Waals surface area contributed by atoms with Crippen molar-refractivity contribution in [2.24, 2.45) is 11.7 Å². The molecule has 0 aromatic carbocycles. The highest BCUT2D eigenvalue weighted by molar-refractivity contribution is 5.79. The van der Waals surface area contributed by atoms with Gasteiger partial charge in [0.25, 0.3) is 0 Å². The molecule has 0 aromatic heterocycles. The van der Waals surface area contributed by atoms with Crippen molar-refractivity contribution in [2.45, 2.75) is 32.3 Å². The number of ether oxygens (including phenoxy) is 1. The van der Waals surface area contributed by atoms with Gasteiger partial charge in [-0.25, -0.2) is 4.79 Å². The molecule has 0 spiro atoms. The summed E-state index contributed by atoms with van der Waals surface area (Å²) < 4.78 is 5.39. The molecule has 0 unspecified atom stereocenters. The second kappa shape index (κ2) is 5.86. The highest BCUT2D eigenvalue weighted by Gasteiger charge is 2.33. The number of hydrogen-bond donors (Lipinski definition) is 3. The van der Waals surface area contributed by atoms with Crippen LogP contribution in [-0.2, 0) is 9.53 Å². The molecule has 0 atom stereocenters. The molecule has 0 saturated carbocycles. The van der Waals surface area contributed by atoms with Gasteiger partial charge in [-0.15, -0.1) is 0 Å². The van der Waals surface area contributed by atoms with Gasteiger partial charge in [0.1, 0.15) is 12.1 Å². The number of carbonyl (C=O) groups is 2. The first kappa shape index (κ1) is 13.8. The number of primary amides is 1. The molecule has 4 N–H and O–H groups in total. The van der Waals surface area contributed by atoms with Gasteiger partial charge in [0, 0.05) is 5.92 Å². The molecule has 1 saturated heterocycles. The second-order valence-electron chi connectivity index (χ2n) is 4.82. The van der Waals surface area contributed by atoms with Crippen molar-refractivity contribution in [1.29, 1.82) is 0 Å². The number of urea groups is 1. The molecule has 1 aliphatic rings. The highest BCUT2D eigenvalue weighted by atomic mass is 16.6. The van der Waals surface area contributed by atoms with Crippen LogP contribution in [0.15, 0.2) is 0 Å². The van der Waals surface area contributed by atoms with Crippen LogP contribution in [-0.4, -0.2) is 37.2 Å². The predicted octanol–water partition coefficient (Wildman–Crippen LogP) is -0.0239. The first-order valence-corrected chi connectivity index (χ1v) is 5.87. The summed E-state index contributed by atoms with van der Waals surface area (Å²) in [4.78, 5) is 22.0. The molecule has 6 heteroatoms. The zero-order chi connectivity index (χ0) is 12.9. The lowest BCUT2D eigenvalue weighted by atomic mass is 9.83. The minimum absolute atomic E-state index is 0.177. The first-order chi connectivity index (χ1) is 7.92. The van der Waals surface area contributed by atoms with Crippen LogP contribution in [0.1, 0.15) is 26.7 Å². The standard InChI is InChI=1S/C11H21N3O3/c1-11(2,8-3-5-13-6-4-8)17-9(15)7-14-10(12)16/h8,13H,3-7H2,1-2H3,(H3,12,14,16). The summed E-state index contributed by atoms with van der Waals surface area (Å²) in [5, 5.41) is 5.49. The van der Waals surface area contributed by atoms with Gasteiger partial charge in [0.05, 0.1) is 0 Å². The van der Waals surface area contributed by atoms with E-state index in [0.29, 0.717) is 5.92 Å². The number of hydrogen-bond acceptors (Lipinski definition) is 4. The summed E-state index contributed by atoms with van der Waals surface area (Å²) in [5.41, 5.74) is 4.38. The third-order valence-corrected chi connectivity index (χ3v) is 3.11. The Hall–Kier alpha value is -1.30. The van der Waals surface area contributed by atoms with Crippen LogP contribution in [0.5, 0.6) is 0 Å². The number of nitrogens with two attached hydrogens (primary N) is 1. The Morgan fingerprint density at radius 2 is 2.00 bits per heavy atom. The average Bonchev–Trinajstić information content (AvgIpc) is 2.27. The average molecular weight is 243 g/mol. The molecule has 1 heterocycles. The number of amides is 2. The lowest BCUT2D eigenvalue weighted by Gasteiger charge is -2.36. The van der Waals surface area contributed by atoms with E-state index in [-0.39, 0.29) is 6.54 Å². The first-order valence-electron chi connectivity index (χ1n) is 5.87. The summed E-state index contributed by atoms with van der Waals surface area (Å²) in [6, 6.07) is -0.721. The third-order valence-electron chi connectivity index (χ3n) is 3.11. The van der Waals surface area contributed by atoms with Gasteiger partial charge in [-0.05, 0) is 39.8 Å². The highest BCUT2D eigenvalue weighted by Crippen LogP contribution is 2.28. The predicted molar refractivity (Wildman–Crippen MR) is 63.4 cm³/mol. The molecule has 1 rings (SSSR count). The second-order valence-corrected chi connectivity index (χ2v) is 4.82. The van der Waals surface area contributed by atoms with Crippen molar-refractivity contribution < 1.29 is 14.3 Å². The number of nitrogens with one attached hydrogen (secondary N) is 2.